The maximum absolute atomic E-state index is 14.2. The largest absolute Gasteiger partial charge is 0.373 e. The average molecular weight is 388 g/mol. The fourth-order valence-corrected chi connectivity index (χ4v) is 3.18. The molecule has 1 amide bonds. The molecule has 0 bridgehead atoms. The lowest BCUT2D eigenvalue weighted by Crippen LogP contribution is -2.46. The molecule has 10 heteroatoms. The van der Waals surface area contributed by atoms with Crippen LogP contribution in [0.4, 0.5) is 33.1 Å². The fraction of sp³-hybridized carbons (Fsp3) is 0.333. The van der Waals surface area contributed by atoms with Gasteiger partial charge in [-0.15, -0.1) is 0 Å². The van der Waals surface area contributed by atoms with E-state index in [1.54, 1.807) is 31.3 Å². The van der Waals surface area contributed by atoms with Gasteiger partial charge in [0.05, 0.1) is 10.8 Å². The highest BCUT2D eigenvalue weighted by Crippen LogP contribution is 2.30. The molecule has 9 nitrogen and oxygen atoms in total. The van der Waals surface area contributed by atoms with Crippen LogP contribution >= 0.6 is 0 Å². The molecule has 1 saturated heterocycles. The van der Waals surface area contributed by atoms with Gasteiger partial charge in [-0.3, -0.25) is 14.9 Å². The number of halogens is 1. The molecule has 1 aromatic heterocycles. The molecule has 0 spiro atoms. The van der Waals surface area contributed by atoms with Crippen LogP contribution in [0.1, 0.15) is 6.42 Å². The van der Waals surface area contributed by atoms with Crippen LogP contribution in [0.3, 0.4) is 0 Å². The lowest BCUT2D eigenvalue weighted by Gasteiger charge is -2.34. The molecule has 2 atom stereocenters. The van der Waals surface area contributed by atoms with Crippen LogP contribution in [0, 0.1) is 16.0 Å². The van der Waals surface area contributed by atoms with Gasteiger partial charge in [-0.2, -0.15) is 0 Å². The van der Waals surface area contributed by atoms with Crippen LogP contribution in [0.2, 0.25) is 0 Å². The number of aromatic nitrogens is 1. The second kappa shape index (κ2) is 8.07. The first kappa shape index (κ1) is 19.3. The van der Waals surface area contributed by atoms with E-state index in [0.717, 1.165) is 5.69 Å². The van der Waals surface area contributed by atoms with Crippen molar-refractivity contribution in [1.29, 1.82) is 0 Å². The summed E-state index contributed by atoms with van der Waals surface area (Å²) in [6.07, 6.45) is -0.941. The Morgan fingerprint density at radius 3 is 2.61 bits per heavy atom. The van der Waals surface area contributed by atoms with Crippen molar-refractivity contribution in [2.45, 2.75) is 12.6 Å². The van der Waals surface area contributed by atoms with Gasteiger partial charge >= 0.3 is 5.69 Å². The van der Waals surface area contributed by atoms with E-state index in [-0.39, 0.29) is 18.1 Å². The zero-order valence-corrected chi connectivity index (χ0v) is 15.3. The summed E-state index contributed by atoms with van der Waals surface area (Å²) < 4.78 is 14.2. The maximum Gasteiger partial charge on any atom is 0.311 e. The van der Waals surface area contributed by atoms with E-state index < -0.39 is 22.9 Å². The third kappa shape index (κ3) is 4.11. The standard InChI is InChI=1S/C18H21FN6O3/c1-21-16-7-6-15(25(27)28)18(23-16)22-11-2-4-12(5-3-11)24-9-8-13(17(20)26)14(19)10-24/h2-7,13-14H,8-10H2,1H3,(H2,20,26)(H2,21,22,23). The van der Waals surface area contributed by atoms with E-state index in [9.17, 15) is 19.3 Å². The highest BCUT2D eigenvalue weighted by molar-refractivity contribution is 5.78. The maximum atomic E-state index is 14.2. The number of piperidine rings is 1. The van der Waals surface area contributed by atoms with Gasteiger partial charge in [0.15, 0.2) is 0 Å². The zero-order valence-electron chi connectivity index (χ0n) is 15.3. The summed E-state index contributed by atoms with van der Waals surface area (Å²) in [5.41, 5.74) is 6.48. The van der Waals surface area contributed by atoms with Crippen LogP contribution in [0.15, 0.2) is 36.4 Å². The number of benzene rings is 1. The van der Waals surface area contributed by atoms with Crippen molar-refractivity contribution in [1.82, 2.24) is 4.98 Å². The van der Waals surface area contributed by atoms with Crippen molar-refractivity contribution in [2.24, 2.45) is 11.7 Å². The molecule has 1 aliphatic rings. The first-order chi connectivity index (χ1) is 13.4. The third-order valence-electron chi connectivity index (χ3n) is 4.73. The number of nitrogens with one attached hydrogen (secondary N) is 2. The number of hydrogen-bond donors (Lipinski definition) is 3. The van der Waals surface area contributed by atoms with Crippen molar-refractivity contribution < 1.29 is 14.1 Å². The summed E-state index contributed by atoms with van der Waals surface area (Å²) in [6.45, 7) is 0.621. The zero-order chi connectivity index (χ0) is 20.3. The molecule has 28 heavy (non-hydrogen) atoms. The Labute approximate surface area is 160 Å². The van der Waals surface area contributed by atoms with Gasteiger partial charge in [-0.05, 0) is 36.8 Å². The minimum atomic E-state index is -1.31. The highest BCUT2D eigenvalue weighted by atomic mass is 19.1. The smallest absolute Gasteiger partial charge is 0.311 e. The molecule has 0 radical (unpaired) electrons. The van der Waals surface area contributed by atoms with Gasteiger partial charge in [0.1, 0.15) is 12.0 Å². The Hall–Kier alpha value is -3.43. The highest BCUT2D eigenvalue weighted by Gasteiger charge is 2.33. The molecule has 3 rings (SSSR count). The summed E-state index contributed by atoms with van der Waals surface area (Å²) in [4.78, 5) is 28.0. The third-order valence-corrected chi connectivity index (χ3v) is 4.73. The molecule has 0 aliphatic carbocycles. The molecule has 1 fully saturated rings. The first-order valence-electron chi connectivity index (χ1n) is 8.77. The van der Waals surface area contributed by atoms with Crippen molar-refractivity contribution in [3.63, 3.8) is 0 Å². The Bertz CT molecular complexity index is 876. The van der Waals surface area contributed by atoms with Crippen LogP contribution in [-0.2, 0) is 4.79 Å². The second-order valence-corrected chi connectivity index (χ2v) is 6.50. The summed E-state index contributed by atoms with van der Waals surface area (Å²) in [6, 6.07) is 9.94. The number of amides is 1. The number of primary amides is 1. The predicted octanol–water partition coefficient (Wildman–Crippen LogP) is 2.42. The van der Waals surface area contributed by atoms with Crippen LogP contribution in [0.5, 0.6) is 0 Å². The lowest BCUT2D eigenvalue weighted by molar-refractivity contribution is -0.384. The van der Waals surface area contributed by atoms with Crippen LogP contribution in [-0.4, -0.2) is 42.1 Å². The topological polar surface area (TPSA) is 126 Å². The summed E-state index contributed by atoms with van der Waals surface area (Å²) in [5.74, 6) is -0.736. The number of carbonyl (C=O) groups is 1. The number of alkyl halides is 1. The predicted molar refractivity (Wildman–Crippen MR) is 105 cm³/mol. The molecule has 0 saturated carbocycles. The van der Waals surface area contributed by atoms with E-state index in [2.05, 4.69) is 15.6 Å². The monoisotopic (exact) mass is 388 g/mol. The van der Waals surface area contributed by atoms with Crippen molar-refractivity contribution >= 4 is 34.6 Å². The van der Waals surface area contributed by atoms with Gasteiger partial charge < -0.3 is 21.3 Å². The van der Waals surface area contributed by atoms with Gasteiger partial charge in [-0.25, -0.2) is 9.37 Å². The van der Waals surface area contributed by atoms with Crippen LogP contribution < -0.4 is 21.3 Å². The number of pyridine rings is 1. The number of nitrogens with zero attached hydrogens (tertiary/aromatic N) is 3. The number of anilines is 4. The fourth-order valence-electron chi connectivity index (χ4n) is 3.18. The number of rotatable bonds is 6. The Kier molecular flexibility index (Phi) is 5.57. The van der Waals surface area contributed by atoms with Crippen LogP contribution in [0.25, 0.3) is 0 Å². The molecule has 1 aliphatic heterocycles. The summed E-state index contributed by atoms with van der Waals surface area (Å²) in [5, 5.41) is 17.0. The number of carbonyl (C=O) groups excluding carboxylic acids is 1. The minimum Gasteiger partial charge on any atom is -0.373 e. The van der Waals surface area contributed by atoms with E-state index in [1.165, 1.54) is 12.1 Å². The quantitative estimate of drug-likeness (QED) is 0.512. The normalized spacial score (nSPS) is 19.1. The molecular formula is C18H21FN6O3. The van der Waals surface area contributed by atoms with Crippen molar-refractivity contribution in [3.8, 4) is 0 Å². The van der Waals surface area contributed by atoms with E-state index >= 15 is 0 Å². The second-order valence-electron chi connectivity index (χ2n) is 6.50. The van der Waals surface area contributed by atoms with Gasteiger partial charge in [-0.1, -0.05) is 0 Å². The molecule has 1 aromatic carbocycles. The number of nitro groups is 1. The summed E-state index contributed by atoms with van der Waals surface area (Å²) >= 11 is 0. The lowest BCUT2D eigenvalue weighted by atomic mass is 9.94. The van der Waals surface area contributed by atoms with Gasteiger partial charge in [0, 0.05) is 37.6 Å². The Morgan fingerprint density at radius 2 is 2.04 bits per heavy atom. The van der Waals surface area contributed by atoms with Crippen molar-refractivity contribution in [3.05, 3.63) is 46.5 Å². The van der Waals surface area contributed by atoms with E-state index in [0.29, 0.717) is 24.5 Å². The SMILES string of the molecule is CNc1ccc([N+](=O)[O-])c(Nc2ccc(N3CCC(C(N)=O)C(F)C3)cc2)n1. The Balaban J connectivity index is 1.74. The molecule has 2 unspecified atom stereocenters. The van der Waals surface area contributed by atoms with E-state index in [4.69, 9.17) is 5.73 Å². The first-order valence-corrected chi connectivity index (χ1v) is 8.77. The summed E-state index contributed by atoms with van der Waals surface area (Å²) in [7, 11) is 1.67. The minimum absolute atomic E-state index is 0.0949. The Morgan fingerprint density at radius 1 is 1.32 bits per heavy atom. The molecular weight excluding hydrogens is 367 g/mol. The molecule has 4 N–H and O–H groups in total. The van der Waals surface area contributed by atoms with Gasteiger partial charge in [0.2, 0.25) is 11.7 Å². The molecule has 2 heterocycles. The van der Waals surface area contributed by atoms with Gasteiger partial charge in [0.25, 0.3) is 0 Å². The molecule has 148 valence electrons. The van der Waals surface area contributed by atoms with E-state index in [1.807, 2.05) is 4.90 Å². The number of hydrogen-bond acceptors (Lipinski definition) is 7. The number of nitrogens with two attached hydrogens (primary N) is 1. The van der Waals surface area contributed by atoms with Crippen molar-refractivity contribution in [2.75, 3.05) is 35.7 Å². The molecule has 2 aromatic rings. The average Bonchev–Trinajstić information content (AvgIpc) is 2.68.